The van der Waals surface area contributed by atoms with Crippen molar-refractivity contribution in [2.45, 2.75) is 31.8 Å². The predicted octanol–water partition coefficient (Wildman–Crippen LogP) is 3.97. The second kappa shape index (κ2) is 9.08. The van der Waals surface area contributed by atoms with E-state index >= 15 is 0 Å². The highest BCUT2D eigenvalue weighted by Crippen LogP contribution is 2.26. The van der Waals surface area contributed by atoms with Crippen LogP contribution in [0.4, 0.5) is 0 Å². The maximum Gasteiger partial charge on any atom is 0.233 e. The van der Waals surface area contributed by atoms with Gasteiger partial charge in [-0.2, -0.15) is 0 Å². The number of aromatic amines is 1. The number of hydrogen-bond acceptors (Lipinski definition) is 4. The molecule has 124 valence electrons. The molecule has 0 aliphatic carbocycles. The van der Waals surface area contributed by atoms with Crippen molar-refractivity contribution in [3.8, 4) is 11.4 Å². The predicted molar refractivity (Wildman–Crippen MR) is 97.4 cm³/mol. The Hall–Kier alpha value is -1.34. The number of amides is 1. The Morgan fingerprint density at radius 2 is 1.96 bits per heavy atom. The number of hydrogen-bond donors (Lipinski definition) is 1. The monoisotopic (exact) mass is 396 g/mol. The van der Waals surface area contributed by atoms with Crippen LogP contribution in [0.25, 0.3) is 11.4 Å². The minimum absolute atomic E-state index is 0.144. The number of halogens is 1. The molecule has 1 aromatic carbocycles. The van der Waals surface area contributed by atoms with Crippen molar-refractivity contribution >= 4 is 33.6 Å². The van der Waals surface area contributed by atoms with Crippen molar-refractivity contribution in [1.29, 1.82) is 0 Å². The highest BCUT2D eigenvalue weighted by atomic mass is 79.9. The van der Waals surface area contributed by atoms with E-state index in [-0.39, 0.29) is 5.91 Å². The van der Waals surface area contributed by atoms with E-state index < -0.39 is 0 Å². The first-order chi connectivity index (χ1) is 11.2. The van der Waals surface area contributed by atoms with Gasteiger partial charge in [0.2, 0.25) is 11.1 Å². The van der Waals surface area contributed by atoms with E-state index in [1.54, 1.807) is 0 Å². The molecule has 0 fully saturated rings. The Bertz CT molecular complexity index is 641. The van der Waals surface area contributed by atoms with Crippen LogP contribution in [-0.2, 0) is 4.79 Å². The molecule has 1 N–H and O–H groups in total. The fourth-order valence-corrected chi connectivity index (χ4v) is 3.38. The lowest BCUT2D eigenvalue weighted by atomic mass is 10.2. The first kappa shape index (κ1) is 18.0. The Morgan fingerprint density at radius 1 is 1.26 bits per heavy atom. The lowest BCUT2D eigenvalue weighted by Gasteiger charge is -2.20. The fraction of sp³-hybridized carbons (Fsp3) is 0.438. The Morgan fingerprint density at radius 3 is 2.61 bits per heavy atom. The number of nitrogens with one attached hydrogen (secondary N) is 1. The SMILES string of the molecule is CCCN(CCC)C(=O)CSc1n[nH]c(-c2ccccc2Br)n1. The molecule has 5 nitrogen and oxygen atoms in total. The first-order valence-corrected chi connectivity index (χ1v) is 9.51. The van der Waals surface area contributed by atoms with Crippen LogP contribution in [0.1, 0.15) is 26.7 Å². The van der Waals surface area contributed by atoms with Crippen LogP contribution < -0.4 is 0 Å². The van der Waals surface area contributed by atoms with E-state index in [0.717, 1.165) is 36.0 Å². The van der Waals surface area contributed by atoms with E-state index in [4.69, 9.17) is 0 Å². The summed E-state index contributed by atoms with van der Waals surface area (Å²) >= 11 is 4.87. The smallest absolute Gasteiger partial charge is 0.233 e. The third-order valence-electron chi connectivity index (χ3n) is 3.26. The summed E-state index contributed by atoms with van der Waals surface area (Å²) in [5.41, 5.74) is 0.955. The third-order valence-corrected chi connectivity index (χ3v) is 4.78. The summed E-state index contributed by atoms with van der Waals surface area (Å²) in [6, 6.07) is 7.83. The molecule has 0 atom stereocenters. The van der Waals surface area contributed by atoms with E-state index in [2.05, 4.69) is 45.0 Å². The molecule has 0 aliphatic rings. The maximum atomic E-state index is 12.3. The van der Waals surface area contributed by atoms with Crippen molar-refractivity contribution in [2.24, 2.45) is 0 Å². The Kier molecular flexibility index (Phi) is 7.11. The number of nitrogens with zero attached hydrogens (tertiary/aromatic N) is 3. The number of thioether (sulfide) groups is 1. The summed E-state index contributed by atoms with van der Waals surface area (Å²) in [5, 5.41) is 7.72. The van der Waals surface area contributed by atoms with Crippen LogP contribution >= 0.6 is 27.7 Å². The average Bonchev–Trinajstić information content (AvgIpc) is 3.01. The minimum atomic E-state index is 0.144. The number of H-pyrrole nitrogens is 1. The largest absolute Gasteiger partial charge is 0.342 e. The summed E-state index contributed by atoms with van der Waals surface area (Å²) < 4.78 is 0.959. The zero-order valence-electron chi connectivity index (χ0n) is 13.4. The zero-order valence-corrected chi connectivity index (χ0v) is 15.8. The number of benzene rings is 1. The van der Waals surface area contributed by atoms with Gasteiger partial charge in [-0.3, -0.25) is 9.89 Å². The Balaban J connectivity index is 1.97. The quantitative estimate of drug-likeness (QED) is 0.685. The van der Waals surface area contributed by atoms with Crippen molar-refractivity contribution < 1.29 is 4.79 Å². The molecule has 23 heavy (non-hydrogen) atoms. The molecular weight excluding hydrogens is 376 g/mol. The van der Waals surface area contributed by atoms with E-state index in [1.165, 1.54) is 11.8 Å². The van der Waals surface area contributed by atoms with Crippen molar-refractivity contribution in [3.63, 3.8) is 0 Å². The van der Waals surface area contributed by atoms with Crippen LogP contribution in [-0.4, -0.2) is 44.8 Å². The summed E-state index contributed by atoms with van der Waals surface area (Å²) in [6.45, 7) is 5.79. The molecule has 1 amide bonds. The number of carbonyl (C=O) groups excluding carboxylic acids is 1. The second-order valence-corrected chi connectivity index (χ2v) is 6.91. The van der Waals surface area contributed by atoms with Crippen LogP contribution in [0.15, 0.2) is 33.9 Å². The molecule has 2 aromatic rings. The lowest BCUT2D eigenvalue weighted by molar-refractivity contribution is -0.128. The van der Waals surface area contributed by atoms with Gasteiger partial charge < -0.3 is 4.90 Å². The molecule has 0 saturated carbocycles. The zero-order chi connectivity index (χ0) is 16.7. The van der Waals surface area contributed by atoms with Gasteiger partial charge in [-0.15, -0.1) is 5.10 Å². The molecule has 1 aromatic heterocycles. The van der Waals surface area contributed by atoms with Crippen molar-refractivity contribution in [2.75, 3.05) is 18.8 Å². The number of carbonyl (C=O) groups is 1. The molecule has 0 radical (unpaired) electrons. The van der Waals surface area contributed by atoms with Gasteiger partial charge in [0.1, 0.15) is 0 Å². The third kappa shape index (κ3) is 5.07. The van der Waals surface area contributed by atoms with Crippen LogP contribution in [0, 0.1) is 0 Å². The van der Waals surface area contributed by atoms with Gasteiger partial charge in [0.15, 0.2) is 5.82 Å². The van der Waals surface area contributed by atoms with Crippen LogP contribution in [0.2, 0.25) is 0 Å². The van der Waals surface area contributed by atoms with Crippen molar-refractivity contribution in [3.05, 3.63) is 28.7 Å². The highest BCUT2D eigenvalue weighted by molar-refractivity contribution is 9.10. The molecule has 7 heteroatoms. The normalized spacial score (nSPS) is 10.7. The summed E-state index contributed by atoms with van der Waals surface area (Å²) in [7, 11) is 0. The van der Waals surface area contributed by atoms with Gasteiger partial charge >= 0.3 is 0 Å². The van der Waals surface area contributed by atoms with Crippen LogP contribution in [0.5, 0.6) is 0 Å². The molecule has 1 heterocycles. The number of aromatic nitrogens is 3. The molecular formula is C16H21BrN4OS. The standard InChI is InChI=1S/C16H21BrN4OS/c1-3-9-21(10-4-2)14(22)11-23-16-18-15(19-20-16)12-7-5-6-8-13(12)17/h5-8H,3-4,9-11H2,1-2H3,(H,18,19,20). The molecule has 0 saturated heterocycles. The Labute approximate surface area is 149 Å². The van der Waals surface area contributed by atoms with Crippen LogP contribution in [0.3, 0.4) is 0 Å². The molecule has 0 spiro atoms. The molecule has 2 rings (SSSR count). The van der Waals surface area contributed by atoms with Gasteiger partial charge in [0.25, 0.3) is 0 Å². The minimum Gasteiger partial charge on any atom is -0.342 e. The van der Waals surface area contributed by atoms with E-state index in [9.17, 15) is 4.79 Å². The van der Waals surface area contributed by atoms with Gasteiger partial charge in [-0.05, 0) is 18.9 Å². The summed E-state index contributed by atoms with van der Waals surface area (Å²) in [6.07, 6.45) is 1.95. The first-order valence-electron chi connectivity index (χ1n) is 7.73. The lowest BCUT2D eigenvalue weighted by Crippen LogP contribution is -2.33. The van der Waals surface area contributed by atoms with Gasteiger partial charge in [0.05, 0.1) is 5.75 Å². The summed E-state index contributed by atoms with van der Waals surface area (Å²) in [4.78, 5) is 18.6. The molecule has 0 bridgehead atoms. The van der Waals surface area contributed by atoms with E-state index in [1.807, 2.05) is 29.2 Å². The highest BCUT2D eigenvalue weighted by Gasteiger charge is 2.14. The number of rotatable bonds is 8. The maximum absolute atomic E-state index is 12.3. The fourth-order valence-electron chi connectivity index (χ4n) is 2.20. The summed E-state index contributed by atoms with van der Waals surface area (Å²) in [5.74, 6) is 1.21. The van der Waals surface area contributed by atoms with Gasteiger partial charge in [-0.25, -0.2) is 4.98 Å². The average molecular weight is 397 g/mol. The molecule has 0 unspecified atom stereocenters. The van der Waals surface area contributed by atoms with Gasteiger partial charge in [0, 0.05) is 23.1 Å². The van der Waals surface area contributed by atoms with E-state index in [0.29, 0.717) is 16.7 Å². The topological polar surface area (TPSA) is 61.9 Å². The van der Waals surface area contributed by atoms with Gasteiger partial charge in [-0.1, -0.05) is 59.7 Å². The van der Waals surface area contributed by atoms with Crippen molar-refractivity contribution in [1.82, 2.24) is 20.1 Å². The second-order valence-electron chi connectivity index (χ2n) is 5.12. The molecule has 0 aliphatic heterocycles.